The fraction of sp³-hybridized carbons (Fsp3) is 0.238. The van der Waals surface area contributed by atoms with Gasteiger partial charge in [0.15, 0.2) is 5.82 Å². The fourth-order valence-corrected chi connectivity index (χ4v) is 2.24. The van der Waals surface area contributed by atoms with Crippen molar-refractivity contribution in [2.24, 2.45) is 5.73 Å². The van der Waals surface area contributed by atoms with Gasteiger partial charge in [-0.3, -0.25) is 9.59 Å². The number of nitrogens with two attached hydrogens (primary N) is 1. The highest BCUT2D eigenvalue weighted by Gasteiger charge is 2.08. The number of aromatic nitrogens is 2. The van der Waals surface area contributed by atoms with E-state index in [-0.39, 0.29) is 5.69 Å². The molecule has 2 amide bonds. The molecular weight excluding hydrogens is 356 g/mol. The highest BCUT2D eigenvalue weighted by molar-refractivity contribution is 5.91. The van der Waals surface area contributed by atoms with Crippen molar-refractivity contribution in [1.29, 1.82) is 0 Å². The molecule has 0 spiro atoms. The largest absolute Gasteiger partial charge is 0.380 e. The van der Waals surface area contributed by atoms with Crippen molar-refractivity contribution in [2.45, 2.75) is 19.4 Å². The molecule has 144 valence electrons. The summed E-state index contributed by atoms with van der Waals surface area (Å²) < 4.78 is 0. The van der Waals surface area contributed by atoms with Crippen LogP contribution < -0.4 is 5.73 Å². The average Bonchev–Trinajstić information content (AvgIpc) is 2.71. The highest BCUT2D eigenvalue weighted by atomic mass is 16.3. The van der Waals surface area contributed by atoms with Crippen molar-refractivity contribution >= 4 is 12.3 Å². The molecule has 0 aliphatic carbocycles. The third kappa shape index (κ3) is 6.91. The van der Waals surface area contributed by atoms with E-state index in [1.807, 2.05) is 19.1 Å². The van der Waals surface area contributed by atoms with E-state index in [0.717, 1.165) is 5.56 Å². The molecule has 7 heteroatoms. The molecule has 1 atom stereocenters. The quantitative estimate of drug-likeness (QED) is 0.575. The molecule has 0 aliphatic rings. The van der Waals surface area contributed by atoms with Crippen molar-refractivity contribution in [3.63, 3.8) is 0 Å². The van der Waals surface area contributed by atoms with Crippen LogP contribution in [0.2, 0.25) is 0 Å². The van der Waals surface area contributed by atoms with E-state index in [1.165, 1.54) is 17.2 Å². The number of carbonyl (C=O) groups excluding carboxylic acids is 2. The summed E-state index contributed by atoms with van der Waals surface area (Å²) in [6, 6.07) is 6.99. The van der Waals surface area contributed by atoms with Gasteiger partial charge in [-0.2, -0.15) is 0 Å². The number of aliphatic hydroxyl groups excluding tert-OH is 1. The number of terminal acetylenes is 1. The summed E-state index contributed by atoms with van der Waals surface area (Å²) in [4.78, 5) is 31.6. The third-order valence-electron chi connectivity index (χ3n) is 3.56. The predicted octanol–water partition coefficient (Wildman–Crippen LogP) is 0.991. The molecule has 2 aromatic rings. The molecule has 1 heterocycles. The average molecular weight is 378 g/mol. The lowest BCUT2D eigenvalue weighted by Crippen LogP contribution is -2.21. The van der Waals surface area contributed by atoms with Crippen molar-refractivity contribution in [3.8, 4) is 36.1 Å². The molecule has 0 fully saturated rings. The maximum Gasteiger partial charge on any atom is 0.267 e. The van der Waals surface area contributed by atoms with E-state index in [9.17, 15) is 14.7 Å². The second-order valence-electron chi connectivity index (χ2n) is 5.88. The number of aliphatic hydroxyl groups is 1. The number of nitrogens with zero attached hydrogens (tertiary/aromatic N) is 3. The van der Waals surface area contributed by atoms with E-state index in [1.54, 1.807) is 13.1 Å². The summed E-state index contributed by atoms with van der Waals surface area (Å²) >= 11 is 0. The number of hydrogen-bond acceptors (Lipinski definition) is 5. The Morgan fingerprint density at radius 1 is 1.39 bits per heavy atom. The van der Waals surface area contributed by atoms with Crippen molar-refractivity contribution in [1.82, 2.24) is 14.9 Å². The highest BCUT2D eigenvalue weighted by Crippen LogP contribution is 2.18. The molecule has 7 nitrogen and oxygen atoms in total. The lowest BCUT2D eigenvalue weighted by molar-refractivity contribution is -0.117. The van der Waals surface area contributed by atoms with Gasteiger partial charge in [0.2, 0.25) is 6.41 Å². The molecular formula is C21H22N4O3. The first kappa shape index (κ1) is 22.4. The van der Waals surface area contributed by atoms with Crippen LogP contribution in [0.3, 0.4) is 0 Å². The van der Waals surface area contributed by atoms with Gasteiger partial charge in [-0.15, -0.1) is 12.8 Å². The lowest BCUT2D eigenvalue weighted by Gasteiger charge is -2.10. The molecule has 28 heavy (non-hydrogen) atoms. The predicted molar refractivity (Wildman–Crippen MR) is 107 cm³/mol. The Morgan fingerprint density at radius 3 is 2.75 bits per heavy atom. The summed E-state index contributed by atoms with van der Waals surface area (Å²) in [6.07, 6.45) is 9.71. The molecule has 3 N–H and O–H groups in total. The summed E-state index contributed by atoms with van der Waals surface area (Å²) in [5.41, 5.74) is 7.73. The number of rotatable bonds is 6. The van der Waals surface area contributed by atoms with Crippen LogP contribution in [0.25, 0.3) is 11.4 Å². The van der Waals surface area contributed by atoms with Crippen molar-refractivity contribution in [3.05, 3.63) is 47.3 Å². The van der Waals surface area contributed by atoms with Gasteiger partial charge >= 0.3 is 0 Å². The Hall–Kier alpha value is -3.68. The Morgan fingerprint density at radius 2 is 2.11 bits per heavy atom. The Kier molecular flexibility index (Phi) is 8.88. The molecule has 0 saturated heterocycles. The first-order valence-corrected chi connectivity index (χ1v) is 8.32. The van der Waals surface area contributed by atoms with Crippen LogP contribution in [0.5, 0.6) is 0 Å². The Balaban J connectivity index is 0.00000190. The minimum Gasteiger partial charge on any atom is -0.380 e. The first-order chi connectivity index (χ1) is 13.4. The summed E-state index contributed by atoms with van der Waals surface area (Å²) in [5, 5.41) is 9.92. The molecule has 1 aromatic carbocycles. The number of amides is 2. The third-order valence-corrected chi connectivity index (χ3v) is 3.56. The minimum atomic E-state index is -0.837. The van der Waals surface area contributed by atoms with Crippen LogP contribution in [-0.4, -0.2) is 52.0 Å². The Bertz CT molecular complexity index is 913. The SMILES string of the molecule is C#C.Cc1cc(C#C[C@H](O)CCN(C)C=O)cc(-c2nccc(C(N)=O)n2)c1. The van der Waals surface area contributed by atoms with Gasteiger partial charge < -0.3 is 15.7 Å². The summed E-state index contributed by atoms with van der Waals surface area (Å²) in [5.74, 6) is 5.44. The lowest BCUT2D eigenvalue weighted by atomic mass is 10.1. The van der Waals surface area contributed by atoms with Gasteiger partial charge in [0, 0.05) is 37.3 Å². The van der Waals surface area contributed by atoms with Crippen LogP contribution in [0.4, 0.5) is 0 Å². The number of primary amides is 1. The minimum absolute atomic E-state index is 0.138. The standard InChI is InChI=1S/C19H20N4O3.C2H2/c1-13-9-14(3-4-16(25)6-8-23(2)12-24)11-15(10-13)19-21-7-5-17(22-19)18(20)26;1-2/h5,7,9-12,16,25H,6,8H2,1-2H3,(H2,20,26);1-2H/t16-;/m0./s1. The maximum atomic E-state index is 11.3. The van der Waals surface area contributed by atoms with Gasteiger partial charge in [-0.05, 0) is 36.8 Å². The molecule has 0 saturated carbocycles. The molecule has 0 radical (unpaired) electrons. The van der Waals surface area contributed by atoms with Crippen LogP contribution >= 0.6 is 0 Å². The molecule has 1 aromatic heterocycles. The van der Waals surface area contributed by atoms with E-state index < -0.39 is 12.0 Å². The normalized spacial score (nSPS) is 10.5. The van der Waals surface area contributed by atoms with Crippen LogP contribution in [-0.2, 0) is 4.79 Å². The smallest absolute Gasteiger partial charge is 0.267 e. The second kappa shape index (κ2) is 11.1. The maximum absolute atomic E-state index is 11.3. The van der Waals surface area contributed by atoms with Gasteiger partial charge in [-0.1, -0.05) is 11.8 Å². The second-order valence-corrected chi connectivity index (χ2v) is 5.88. The summed E-state index contributed by atoms with van der Waals surface area (Å²) in [7, 11) is 1.64. The molecule has 0 bridgehead atoms. The molecule has 0 aliphatic heterocycles. The topological polar surface area (TPSA) is 109 Å². The number of carbonyl (C=O) groups is 2. The van der Waals surface area contributed by atoms with E-state index >= 15 is 0 Å². The van der Waals surface area contributed by atoms with Crippen LogP contribution in [0.15, 0.2) is 30.5 Å². The van der Waals surface area contributed by atoms with E-state index in [0.29, 0.717) is 36.3 Å². The van der Waals surface area contributed by atoms with Gasteiger partial charge in [0.1, 0.15) is 11.8 Å². The molecule has 0 unspecified atom stereocenters. The number of hydrogen-bond donors (Lipinski definition) is 2. The van der Waals surface area contributed by atoms with Gasteiger partial charge in [-0.25, -0.2) is 9.97 Å². The monoisotopic (exact) mass is 378 g/mol. The van der Waals surface area contributed by atoms with Crippen LogP contribution in [0.1, 0.15) is 28.0 Å². The van der Waals surface area contributed by atoms with E-state index in [4.69, 9.17) is 5.73 Å². The Labute approximate surface area is 164 Å². The van der Waals surface area contributed by atoms with Crippen molar-refractivity contribution in [2.75, 3.05) is 13.6 Å². The summed E-state index contributed by atoms with van der Waals surface area (Å²) in [6.45, 7) is 2.33. The molecule has 2 rings (SSSR count). The van der Waals surface area contributed by atoms with Crippen molar-refractivity contribution < 1.29 is 14.7 Å². The first-order valence-electron chi connectivity index (χ1n) is 8.32. The zero-order valence-corrected chi connectivity index (χ0v) is 15.8. The van der Waals surface area contributed by atoms with Crippen LogP contribution in [0, 0.1) is 31.6 Å². The van der Waals surface area contributed by atoms with E-state index in [2.05, 4.69) is 34.7 Å². The number of aryl methyl sites for hydroxylation is 1. The van der Waals surface area contributed by atoms with Gasteiger partial charge in [0.25, 0.3) is 5.91 Å². The van der Waals surface area contributed by atoms with Gasteiger partial charge in [0.05, 0.1) is 0 Å². The zero-order valence-electron chi connectivity index (χ0n) is 15.8. The zero-order chi connectivity index (χ0) is 21.1. The number of benzene rings is 1. The fourth-order valence-electron chi connectivity index (χ4n) is 2.24.